The summed E-state index contributed by atoms with van der Waals surface area (Å²) in [4.78, 5) is -0.315. The quantitative estimate of drug-likeness (QED) is 0.802. The summed E-state index contributed by atoms with van der Waals surface area (Å²) < 4.78 is 44.8. The largest absolute Gasteiger partial charge is 0.383 e. The fourth-order valence-corrected chi connectivity index (χ4v) is 3.78. The van der Waals surface area contributed by atoms with E-state index in [0.717, 1.165) is 6.07 Å². The first kappa shape index (κ1) is 16.6. The molecule has 5 nitrogen and oxygen atoms in total. The van der Waals surface area contributed by atoms with Crippen molar-refractivity contribution in [2.24, 2.45) is 0 Å². The van der Waals surface area contributed by atoms with Crippen LogP contribution in [0, 0.1) is 17.1 Å². The van der Waals surface area contributed by atoms with E-state index in [-0.39, 0.29) is 18.0 Å². The lowest BCUT2D eigenvalue weighted by atomic mass is 10.2. The van der Waals surface area contributed by atoms with Crippen molar-refractivity contribution in [3.05, 3.63) is 29.6 Å². The predicted molar refractivity (Wildman–Crippen MR) is 72.0 cm³/mol. The number of ether oxygens (including phenoxy) is 1. The van der Waals surface area contributed by atoms with E-state index in [1.807, 2.05) is 0 Å². The first-order chi connectivity index (χ1) is 9.39. The summed E-state index contributed by atoms with van der Waals surface area (Å²) in [7, 11) is -2.47. The zero-order valence-corrected chi connectivity index (χ0v) is 12.4. The second kappa shape index (κ2) is 6.79. The van der Waals surface area contributed by atoms with Crippen molar-refractivity contribution in [2.45, 2.75) is 24.8 Å². The minimum atomic E-state index is -3.95. The SMILES string of the molecule is CCN(C(C)COC)S(=O)(=O)c1cccc(F)c1C#N. The molecular formula is C13H17FN2O3S. The number of likely N-dealkylation sites (N-methyl/N-ethyl adjacent to an activating group) is 1. The zero-order chi connectivity index (χ0) is 15.3. The summed E-state index contributed by atoms with van der Waals surface area (Å²) in [5.41, 5.74) is -0.462. The molecule has 0 aliphatic rings. The molecule has 0 saturated carbocycles. The number of hydrogen-bond acceptors (Lipinski definition) is 4. The van der Waals surface area contributed by atoms with Gasteiger partial charge in [0.2, 0.25) is 10.0 Å². The van der Waals surface area contributed by atoms with E-state index in [2.05, 4.69) is 0 Å². The maximum atomic E-state index is 13.6. The molecule has 20 heavy (non-hydrogen) atoms. The van der Waals surface area contributed by atoms with Gasteiger partial charge in [0.1, 0.15) is 22.3 Å². The molecule has 1 aromatic rings. The highest BCUT2D eigenvalue weighted by Gasteiger charge is 2.30. The van der Waals surface area contributed by atoms with E-state index < -0.39 is 27.4 Å². The molecule has 1 aromatic carbocycles. The van der Waals surface area contributed by atoms with Gasteiger partial charge < -0.3 is 4.74 Å². The number of nitrogens with zero attached hydrogens (tertiary/aromatic N) is 2. The van der Waals surface area contributed by atoms with Crippen molar-refractivity contribution in [2.75, 3.05) is 20.3 Å². The second-order valence-corrected chi connectivity index (χ2v) is 6.10. The standard InChI is InChI=1S/C13H17FN2O3S/c1-4-16(10(2)9-19-3)20(17,18)13-7-5-6-12(14)11(13)8-15/h5-7,10H,4,9H2,1-3H3. The average molecular weight is 300 g/mol. The Morgan fingerprint density at radius 2 is 2.15 bits per heavy atom. The fourth-order valence-electron chi connectivity index (χ4n) is 2.00. The van der Waals surface area contributed by atoms with Crippen LogP contribution in [0.2, 0.25) is 0 Å². The van der Waals surface area contributed by atoms with Gasteiger partial charge >= 0.3 is 0 Å². The second-order valence-electron chi connectivity index (χ2n) is 4.24. The third-order valence-corrected chi connectivity index (χ3v) is 5.02. The van der Waals surface area contributed by atoms with Crippen LogP contribution in [0.4, 0.5) is 4.39 Å². The maximum Gasteiger partial charge on any atom is 0.244 e. The molecule has 1 unspecified atom stereocenters. The van der Waals surface area contributed by atoms with E-state index in [0.29, 0.717) is 0 Å². The van der Waals surface area contributed by atoms with Gasteiger partial charge in [0.25, 0.3) is 0 Å². The third kappa shape index (κ3) is 3.15. The Morgan fingerprint density at radius 3 is 2.65 bits per heavy atom. The molecule has 0 aromatic heterocycles. The molecule has 1 atom stereocenters. The van der Waals surface area contributed by atoms with Gasteiger partial charge in [0.05, 0.1) is 6.61 Å². The van der Waals surface area contributed by atoms with Gasteiger partial charge in [-0.3, -0.25) is 0 Å². The topological polar surface area (TPSA) is 70.4 Å². The molecule has 110 valence electrons. The lowest BCUT2D eigenvalue weighted by molar-refractivity contribution is 0.142. The van der Waals surface area contributed by atoms with Crippen molar-refractivity contribution < 1.29 is 17.5 Å². The van der Waals surface area contributed by atoms with Crippen LogP contribution in [0.25, 0.3) is 0 Å². The van der Waals surface area contributed by atoms with Crippen molar-refractivity contribution >= 4 is 10.0 Å². The van der Waals surface area contributed by atoms with Crippen molar-refractivity contribution in [3.63, 3.8) is 0 Å². The number of rotatable bonds is 6. The average Bonchev–Trinajstić information content (AvgIpc) is 2.39. The van der Waals surface area contributed by atoms with E-state index in [1.54, 1.807) is 19.9 Å². The first-order valence-corrected chi connectivity index (χ1v) is 7.53. The van der Waals surface area contributed by atoms with E-state index >= 15 is 0 Å². The van der Waals surface area contributed by atoms with Gasteiger partial charge in [0.15, 0.2) is 0 Å². The molecule has 0 radical (unpaired) electrons. The zero-order valence-electron chi connectivity index (χ0n) is 11.6. The van der Waals surface area contributed by atoms with E-state index in [1.165, 1.54) is 23.5 Å². The Labute approximate surface area is 118 Å². The molecule has 0 spiro atoms. The molecule has 0 saturated heterocycles. The highest BCUT2D eigenvalue weighted by Crippen LogP contribution is 2.23. The van der Waals surface area contributed by atoms with Crippen LogP contribution in [0.5, 0.6) is 0 Å². The van der Waals surface area contributed by atoms with Gasteiger partial charge in [0, 0.05) is 19.7 Å². The number of benzene rings is 1. The number of nitriles is 1. The van der Waals surface area contributed by atoms with Crippen LogP contribution in [0.3, 0.4) is 0 Å². The fraction of sp³-hybridized carbons (Fsp3) is 0.462. The van der Waals surface area contributed by atoms with Crippen LogP contribution in [-0.2, 0) is 14.8 Å². The highest BCUT2D eigenvalue weighted by atomic mass is 32.2. The summed E-state index contributed by atoms with van der Waals surface area (Å²) in [6.45, 7) is 3.78. The van der Waals surface area contributed by atoms with Gasteiger partial charge in [-0.15, -0.1) is 0 Å². The maximum absolute atomic E-state index is 13.6. The molecule has 0 N–H and O–H groups in total. The van der Waals surface area contributed by atoms with Crippen molar-refractivity contribution in [3.8, 4) is 6.07 Å². The van der Waals surface area contributed by atoms with Crippen LogP contribution >= 0.6 is 0 Å². The number of sulfonamides is 1. The number of hydrogen-bond donors (Lipinski definition) is 0. The summed E-state index contributed by atoms with van der Waals surface area (Å²) in [5, 5.41) is 8.96. The molecule has 0 aliphatic heterocycles. The number of methoxy groups -OCH3 is 1. The Bertz CT molecular complexity index is 611. The van der Waals surface area contributed by atoms with Crippen LogP contribution in [0.1, 0.15) is 19.4 Å². The Kier molecular flexibility index (Phi) is 5.62. The molecule has 1 rings (SSSR count). The molecule has 0 amide bonds. The van der Waals surface area contributed by atoms with Crippen LogP contribution in [0.15, 0.2) is 23.1 Å². The monoisotopic (exact) mass is 300 g/mol. The summed E-state index contributed by atoms with van der Waals surface area (Å²) in [6, 6.07) is 4.77. The Hall–Kier alpha value is -1.49. The minimum absolute atomic E-state index is 0.203. The van der Waals surface area contributed by atoms with Gasteiger partial charge in [-0.2, -0.15) is 9.57 Å². The molecule has 0 aliphatic carbocycles. The van der Waals surface area contributed by atoms with Gasteiger partial charge in [-0.05, 0) is 19.1 Å². The minimum Gasteiger partial charge on any atom is -0.383 e. The summed E-state index contributed by atoms with van der Waals surface area (Å²) in [5.74, 6) is -0.843. The van der Waals surface area contributed by atoms with Crippen molar-refractivity contribution in [1.29, 1.82) is 5.26 Å². The lowest BCUT2D eigenvalue weighted by Crippen LogP contribution is -2.41. The van der Waals surface area contributed by atoms with Crippen LogP contribution < -0.4 is 0 Å². The van der Waals surface area contributed by atoms with E-state index in [9.17, 15) is 12.8 Å². The van der Waals surface area contributed by atoms with Crippen molar-refractivity contribution in [1.82, 2.24) is 4.31 Å². The van der Waals surface area contributed by atoms with E-state index in [4.69, 9.17) is 10.00 Å². The molecule has 7 heteroatoms. The lowest BCUT2D eigenvalue weighted by Gasteiger charge is -2.27. The summed E-state index contributed by atoms with van der Waals surface area (Å²) in [6.07, 6.45) is 0. The predicted octanol–water partition coefficient (Wildman–Crippen LogP) is 1.74. The Morgan fingerprint density at radius 1 is 1.50 bits per heavy atom. The Balaban J connectivity index is 3.36. The normalized spacial score (nSPS) is 13.2. The van der Waals surface area contributed by atoms with Crippen LogP contribution in [-0.4, -0.2) is 39.0 Å². The molecule has 0 heterocycles. The number of halogens is 1. The molecule has 0 bridgehead atoms. The molecular weight excluding hydrogens is 283 g/mol. The first-order valence-electron chi connectivity index (χ1n) is 6.09. The summed E-state index contributed by atoms with van der Waals surface area (Å²) >= 11 is 0. The van der Waals surface area contributed by atoms with Gasteiger partial charge in [-0.25, -0.2) is 12.8 Å². The smallest absolute Gasteiger partial charge is 0.244 e. The molecule has 0 fully saturated rings. The highest BCUT2D eigenvalue weighted by molar-refractivity contribution is 7.89. The van der Waals surface area contributed by atoms with Gasteiger partial charge in [-0.1, -0.05) is 13.0 Å². The third-order valence-electron chi connectivity index (χ3n) is 2.88.